The first-order valence-electron chi connectivity index (χ1n) is 15.7. The molecule has 1 amide bonds. The number of benzene rings is 1. The third-order valence-electron chi connectivity index (χ3n) is 7.67. The molecule has 0 radical (unpaired) electrons. The molecule has 2 aromatic heterocycles. The molecule has 4 heterocycles. The van der Waals surface area contributed by atoms with Crippen molar-refractivity contribution in [2.45, 2.75) is 37.8 Å². The molecule has 2 aliphatic rings. The Balaban J connectivity index is 1.78. The molecule has 0 bridgehead atoms. The van der Waals surface area contributed by atoms with Crippen LogP contribution in [0.3, 0.4) is 0 Å². The predicted octanol–water partition coefficient (Wildman–Crippen LogP) is 0.483. The van der Waals surface area contributed by atoms with Gasteiger partial charge in [0.1, 0.15) is 33.6 Å². The fraction of sp³-hybridized carbons (Fsp3) is 0.323. The van der Waals surface area contributed by atoms with E-state index in [1.807, 2.05) is 23.1 Å². The van der Waals surface area contributed by atoms with E-state index in [-0.39, 0.29) is 61.9 Å². The molecular weight excluding hydrogens is 813 g/mol. The zero-order valence-electron chi connectivity index (χ0n) is 28.0. The topological polar surface area (TPSA) is 256 Å². The molecule has 288 valence electrons. The maximum absolute atomic E-state index is 14.1. The van der Waals surface area contributed by atoms with Gasteiger partial charge in [0.05, 0.1) is 29.6 Å². The molecule has 0 spiro atoms. The second kappa shape index (κ2) is 16.9. The number of thioether (sulfide) groups is 2. The summed E-state index contributed by atoms with van der Waals surface area (Å²) in [5, 5.41) is 28.6. The summed E-state index contributed by atoms with van der Waals surface area (Å²) >= 11 is 7.81. The second-order valence-electron chi connectivity index (χ2n) is 11.4. The van der Waals surface area contributed by atoms with E-state index in [4.69, 9.17) is 26.5 Å². The Morgan fingerprint density at radius 3 is 2.30 bits per heavy atom. The van der Waals surface area contributed by atoms with Crippen molar-refractivity contribution in [3.63, 3.8) is 0 Å². The molecule has 5 rings (SSSR count). The van der Waals surface area contributed by atoms with Crippen LogP contribution in [0.2, 0.25) is 0 Å². The van der Waals surface area contributed by atoms with Crippen LogP contribution in [-0.2, 0) is 47.1 Å². The van der Waals surface area contributed by atoms with Gasteiger partial charge in [-0.25, -0.2) is 4.79 Å². The number of thiazole rings is 1. The molecular formula is C31H30N4O14S5. The van der Waals surface area contributed by atoms with Crippen LogP contribution in [0, 0.1) is 10.1 Å². The molecule has 0 atom stereocenters. The lowest BCUT2D eigenvalue weighted by molar-refractivity contribution is -0.142. The minimum Gasteiger partial charge on any atom is -0.480 e. The first-order valence-corrected chi connectivity index (χ1v) is 20.2. The third kappa shape index (κ3) is 9.05. The van der Waals surface area contributed by atoms with E-state index in [1.54, 1.807) is 19.1 Å². The van der Waals surface area contributed by atoms with Gasteiger partial charge in [-0.15, -0.1) is 11.3 Å². The van der Waals surface area contributed by atoms with E-state index in [0.717, 1.165) is 24.6 Å². The molecule has 54 heavy (non-hydrogen) atoms. The van der Waals surface area contributed by atoms with Crippen LogP contribution in [0.25, 0.3) is 10.5 Å². The van der Waals surface area contributed by atoms with Crippen LogP contribution >= 0.6 is 47.1 Å². The van der Waals surface area contributed by atoms with Crippen LogP contribution in [0.5, 0.6) is 0 Å². The number of carboxylic acid groups (broad SMARTS) is 3. The van der Waals surface area contributed by atoms with Gasteiger partial charge < -0.3 is 29.4 Å². The number of ether oxygens (including phenoxy) is 1. The average molecular weight is 843 g/mol. The van der Waals surface area contributed by atoms with E-state index in [9.17, 15) is 52.0 Å². The highest BCUT2D eigenvalue weighted by molar-refractivity contribution is 8.30. The fourth-order valence-corrected chi connectivity index (χ4v) is 9.56. The summed E-state index contributed by atoms with van der Waals surface area (Å²) in [6.45, 7) is -1.11. The number of allylic oxidation sites excluding steroid dienone is 1. The Bertz CT molecular complexity index is 2550. The van der Waals surface area contributed by atoms with Crippen molar-refractivity contribution in [3.05, 3.63) is 76.2 Å². The summed E-state index contributed by atoms with van der Waals surface area (Å²) < 4.78 is 44.7. The first-order chi connectivity index (χ1) is 25.5. The SMILES string of the molecule is CCC(C=C1Sc2ccccc2N1CCCS(=O)(=O)O)=c1o/c(=c2/sc(=C3SC(=S)N(CC(=O)O)C3=O)n(CC(=O)O)c2=O)n(CCOCC(=O)O)c1=O. The van der Waals surface area contributed by atoms with Gasteiger partial charge in [0.25, 0.3) is 27.1 Å². The first kappa shape index (κ1) is 40.7. The summed E-state index contributed by atoms with van der Waals surface area (Å²) in [6.07, 6.45) is 1.94. The minimum absolute atomic E-state index is 0.0719. The minimum atomic E-state index is -4.23. The number of para-hydroxylation sites is 1. The Labute approximate surface area is 321 Å². The number of aliphatic carboxylic acids is 3. The zero-order chi connectivity index (χ0) is 39.5. The zero-order valence-corrected chi connectivity index (χ0v) is 32.0. The quantitative estimate of drug-likeness (QED) is 0.0922. The molecule has 4 N–H and O–H groups in total. The maximum Gasteiger partial charge on any atom is 0.329 e. The number of carbonyl (C=O) groups is 4. The van der Waals surface area contributed by atoms with Crippen molar-refractivity contribution in [1.82, 2.24) is 14.0 Å². The van der Waals surface area contributed by atoms with E-state index >= 15 is 0 Å². The van der Waals surface area contributed by atoms with Crippen LogP contribution < -0.4 is 26.1 Å². The highest BCUT2D eigenvalue weighted by atomic mass is 32.2. The van der Waals surface area contributed by atoms with E-state index in [2.05, 4.69) is 0 Å². The van der Waals surface area contributed by atoms with Gasteiger partial charge in [-0.3, -0.25) is 42.6 Å². The number of nitrogens with zero attached hydrogens (tertiary/aromatic N) is 4. The van der Waals surface area contributed by atoms with Gasteiger partial charge in [-0.2, -0.15) is 8.42 Å². The molecule has 1 saturated heterocycles. The van der Waals surface area contributed by atoms with Crippen molar-refractivity contribution in [2.75, 3.05) is 37.0 Å². The number of aromatic nitrogens is 2. The lowest BCUT2D eigenvalue weighted by Crippen LogP contribution is -2.35. The van der Waals surface area contributed by atoms with Gasteiger partial charge in [0, 0.05) is 17.0 Å². The second-order valence-corrected chi connectivity index (χ2v) is 16.6. The molecule has 0 aliphatic carbocycles. The molecule has 0 unspecified atom stereocenters. The van der Waals surface area contributed by atoms with Crippen molar-refractivity contribution in [2.24, 2.45) is 0 Å². The average Bonchev–Trinajstić information content (AvgIpc) is 3.79. The number of hydrogen-bond acceptors (Lipinski definition) is 15. The highest BCUT2D eigenvalue weighted by Gasteiger charge is 2.36. The van der Waals surface area contributed by atoms with E-state index < -0.39 is 70.5 Å². The Morgan fingerprint density at radius 2 is 1.65 bits per heavy atom. The Hall–Kier alpha value is -4.52. The lowest BCUT2D eigenvalue weighted by Gasteiger charge is -2.20. The number of oxazole rings is 1. The van der Waals surface area contributed by atoms with Crippen LogP contribution in [-0.4, -0.2) is 103 Å². The van der Waals surface area contributed by atoms with Crippen molar-refractivity contribution in [1.29, 1.82) is 0 Å². The number of carbonyl (C=O) groups excluding carboxylic acids is 1. The number of thiocarbonyl (C=S) groups is 1. The number of carboxylic acids is 3. The standard InChI is InChI=1S/C31H30N4O14S5/c1-2-16(12-19-32(8-5-11-54(45,46)47)17-6-3-4-7-18(17)51-19)23-26(42)33(9-10-48-15-22(40)41)29(49-23)24-27(43)34(13-20(36)37)30(52-24)25-28(44)35(14-21(38)39)31(50)53-25/h3-4,6-7,12H,2,5,8-11,13-15H2,1H3,(H,36,37)(H,38,39)(H,40,41)(H,45,46,47)/b19-12?,23-16?,29-24+,30-25?. The molecule has 3 aromatic rings. The van der Waals surface area contributed by atoms with Gasteiger partial charge >= 0.3 is 17.9 Å². The summed E-state index contributed by atoms with van der Waals surface area (Å²) in [4.78, 5) is 78.9. The molecule has 2 aliphatic heterocycles. The van der Waals surface area contributed by atoms with Crippen molar-refractivity contribution in [3.8, 4) is 0 Å². The molecule has 0 saturated carbocycles. The molecule has 1 aromatic carbocycles. The Morgan fingerprint density at radius 1 is 0.944 bits per heavy atom. The van der Waals surface area contributed by atoms with Gasteiger partial charge in [0.15, 0.2) is 9.95 Å². The smallest absolute Gasteiger partial charge is 0.329 e. The van der Waals surface area contributed by atoms with E-state index in [1.165, 1.54) is 11.8 Å². The van der Waals surface area contributed by atoms with Crippen LogP contribution in [0.1, 0.15) is 19.8 Å². The highest BCUT2D eigenvalue weighted by Crippen LogP contribution is 2.46. The monoisotopic (exact) mass is 842 g/mol. The van der Waals surface area contributed by atoms with Crippen LogP contribution in [0.4, 0.5) is 5.69 Å². The number of amides is 1. The predicted molar refractivity (Wildman–Crippen MR) is 200 cm³/mol. The number of rotatable bonds is 15. The molecule has 23 heteroatoms. The van der Waals surface area contributed by atoms with Crippen molar-refractivity contribution >= 4 is 101 Å². The summed E-state index contributed by atoms with van der Waals surface area (Å²) in [7, 11) is -4.23. The third-order valence-corrected chi connectivity index (χ3v) is 12.3. The molecule has 1 fully saturated rings. The largest absolute Gasteiger partial charge is 0.480 e. The normalized spacial score (nSPS) is 17.4. The van der Waals surface area contributed by atoms with Crippen LogP contribution in [0.15, 0.2) is 54.3 Å². The summed E-state index contributed by atoms with van der Waals surface area (Å²) in [5.74, 6) is -5.45. The number of anilines is 1. The summed E-state index contributed by atoms with van der Waals surface area (Å²) in [6, 6.07) is 7.30. The van der Waals surface area contributed by atoms with Gasteiger partial charge in [-0.1, -0.05) is 54.8 Å². The lowest BCUT2D eigenvalue weighted by atomic mass is 10.2. The van der Waals surface area contributed by atoms with E-state index in [0.29, 0.717) is 33.7 Å². The maximum atomic E-state index is 14.1. The van der Waals surface area contributed by atoms with Gasteiger partial charge in [0.2, 0.25) is 5.55 Å². The fourth-order valence-electron chi connectivity index (χ4n) is 5.37. The number of fused-ring (bicyclic) bond motifs is 1. The van der Waals surface area contributed by atoms with Gasteiger partial charge in [-0.05, 0) is 31.1 Å². The van der Waals surface area contributed by atoms with Crippen molar-refractivity contribution < 1.29 is 56.6 Å². The summed E-state index contributed by atoms with van der Waals surface area (Å²) in [5.41, 5.74) is -1.16. The molecule has 18 nitrogen and oxygen atoms in total. The Kier molecular flexibility index (Phi) is 12.7. The number of hydrogen-bond donors (Lipinski definition) is 4.